The number of carboxylic acid groups (broad SMARTS) is 1. The second-order valence-electron chi connectivity index (χ2n) is 4.40. The molecule has 1 rings (SSSR count). The summed E-state index contributed by atoms with van der Waals surface area (Å²) in [6.45, 7) is 1.00. The van der Waals surface area contributed by atoms with E-state index >= 15 is 0 Å². The van der Waals surface area contributed by atoms with Crippen molar-refractivity contribution in [3.63, 3.8) is 0 Å². The van der Waals surface area contributed by atoms with Gasteiger partial charge in [-0.2, -0.15) is 11.8 Å². The van der Waals surface area contributed by atoms with Crippen LogP contribution in [-0.4, -0.2) is 35.6 Å². The van der Waals surface area contributed by atoms with Crippen LogP contribution in [0.15, 0.2) is 24.3 Å². The number of hydrogen-bond donors (Lipinski definition) is 2. The van der Waals surface area contributed by atoms with E-state index in [4.69, 9.17) is 15.6 Å². The largest absolute Gasteiger partial charge is 0.491 e. The van der Waals surface area contributed by atoms with Crippen molar-refractivity contribution in [1.82, 2.24) is 0 Å². The number of carboxylic acids is 1. The summed E-state index contributed by atoms with van der Waals surface area (Å²) in [5.74, 6) is 0.551. The van der Waals surface area contributed by atoms with Crippen LogP contribution in [0.3, 0.4) is 0 Å². The van der Waals surface area contributed by atoms with Crippen LogP contribution < -0.4 is 10.5 Å². The van der Waals surface area contributed by atoms with Crippen LogP contribution in [0.25, 0.3) is 0 Å². The van der Waals surface area contributed by atoms with Crippen molar-refractivity contribution in [2.45, 2.75) is 18.2 Å². The second-order valence-corrected chi connectivity index (χ2v) is 5.39. The third-order valence-corrected chi connectivity index (χ3v) is 3.74. The lowest BCUT2D eigenvalue weighted by molar-refractivity contribution is -0.141. The summed E-state index contributed by atoms with van der Waals surface area (Å²) in [6, 6.07) is 7.30. The zero-order valence-corrected chi connectivity index (χ0v) is 11.6. The maximum absolute atomic E-state index is 12.0. The molecule has 0 saturated heterocycles. The first-order valence-electron chi connectivity index (χ1n) is 5.83. The summed E-state index contributed by atoms with van der Waals surface area (Å²) in [5.41, 5.74) is 5.39. The maximum atomic E-state index is 12.0. The van der Waals surface area contributed by atoms with Crippen molar-refractivity contribution in [3.05, 3.63) is 29.8 Å². The van der Waals surface area contributed by atoms with Crippen molar-refractivity contribution in [1.29, 1.82) is 0 Å². The van der Waals surface area contributed by atoms with Gasteiger partial charge < -0.3 is 15.6 Å². The number of benzene rings is 1. The van der Waals surface area contributed by atoms with Crippen LogP contribution in [0.5, 0.6) is 5.75 Å². The van der Waals surface area contributed by atoms with Crippen LogP contribution in [0.1, 0.15) is 12.5 Å². The molecule has 0 radical (unpaired) electrons. The van der Waals surface area contributed by atoms with Gasteiger partial charge in [0, 0.05) is 11.5 Å². The zero-order valence-electron chi connectivity index (χ0n) is 10.8. The first-order valence-corrected chi connectivity index (χ1v) is 6.99. The number of halogens is 1. The highest BCUT2D eigenvalue weighted by molar-refractivity contribution is 7.98. The molecule has 1 aromatic rings. The Kier molecular flexibility index (Phi) is 6.11. The predicted molar refractivity (Wildman–Crippen MR) is 74.3 cm³/mol. The Hall–Kier alpha value is -1.27. The topological polar surface area (TPSA) is 72.5 Å². The molecule has 6 heteroatoms. The third-order valence-electron chi connectivity index (χ3n) is 2.40. The van der Waals surface area contributed by atoms with Crippen molar-refractivity contribution in [2.24, 2.45) is 5.73 Å². The van der Waals surface area contributed by atoms with Gasteiger partial charge in [-0.15, -0.1) is 0 Å². The number of thioether (sulfide) groups is 1. The average molecular weight is 287 g/mol. The molecule has 0 saturated carbocycles. The summed E-state index contributed by atoms with van der Waals surface area (Å²) in [6.07, 6.45) is 0. The van der Waals surface area contributed by atoms with E-state index in [1.807, 2.05) is 18.2 Å². The molecule has 0 aliphatic rings. The lowest BCUT2D eigenvalue weighted by Gasteiger charge is -2.18. The summed E-state index contributed by atoms with van der Waals surface area (Å²) in [5, 5.41) is 8.89. The van der Waals surface area contributed by atoms with Crippen LogP contribution in [0.4, 0.5) is 4.39 Å². The normalized spacial score (nSPS) is 13.8. The molecule has 0 amide bonds. The second kappa shape index (κ2) is 7.35. The van der Waals surface area contributed by atoms with E-state index in [1.165, 1.54) is 18.7 Å². The Morgan fingerprint density at radius 1 is 1.58 bits per heavy atom. The Morgan fingerprint density at radius 2 is 2.32 bits per heavy atom. The van der Waals surface area contributed by atoms with Gasteiger partial charge in [0.25, 0.3) is 0 Å². The van der Waals surface area contributed by atoms with E-state index in [1.54, 1.807) is 6.07 Å². The molecule has 19 heavy (non-hydrogen) atoms. The smallest absolute Gasteiger partial charge is 0.324 e. The Balaban J connectivity index is 2.47. The Labute approximate surface area is 116 Å². The molecule has 3 N–H and O–H groups in total. The van der Waals surface area contributed by atoms with E-state index in [-0.39, 0.29) is 6.61 Å². The monoisotopic (exact) mass is 287 g/mol. The molecule has 0 spiro atoms. The zero-order chi connectivity index (χ0) is 14.3. The highest BCUT2D eigenvalue weighted by Gasteiger charge is 2.27. The molecular formula is C13H18FNO3S. The lowest BCUT2D eigenvalue weighted by atomic mass is 10.1. The minimum atomic E-state index is -1.23. The first kappa shape index (κ1) is 15.8. The van der Waals surface area contributed by atoms with Gasteiger partial charge >= 0.3 is 5.97 Å². The van der Waals surface area contributed by atoms with Gasteiger partial charge in [0.1, 0.15) is 24.6 Å². The highest BCUT2D eigenvalue weighted by Crippen LogP contribution is 2.20. The van der Waals surface area contributed by atoms with Gasteiger partial charge in [-0.3, -0.25) is 4.79 Å². The van der Waals surface area contributed by atoms with Gasteiger partial charge in [0.2, 0.25) is 0 Å². The average Bonchev–Trinajstić information content (AvgIpc) is 2.36. The molecule has 106 valence electrons. The Bertz CT molecular complexity index is 426. The molecule has 0 aromatic heterocycles. The lowest BCUT2D eigenvalue weighted by Crippen LogP contribution is -2.47. The van der Waals surface area contributed by atoms with E-state index in [9.17, 15) is 9.18 Å². The molecule has 0 heterocycles. The SMILES string of the molecule is CC(N)(CSCc1cccc(OCCF)c1)C(=O)O. The number of hydrogen-bond acceptors (Lipinski definition) is 4. The Morgan fingerprint density at radius 3 is 2.95 bits per heavy atom. The number of alkyl halides is 1. The van der Waals surface area contributed by atoms with Gasteiger partial charge in [-0.25, -0.2) is 4.39 Å². The summed E-state index contributed by atoms with van der Waals surface area (Å²) in [7, 11) is 0. The molecule has 4 nitrogen and oxygen atoms in total. The minimum Gasteiger partial charge on any atom is -0.491 e. The summed E-state index contributed by atoms with van der Waals surface area (Å²) >= 11 is 1.44. The molecule has 0 aliphatic heterocycles. The summed E-state index contributed by atoms with van der Waals surface area (Å²) < 4.78 is 17.2. The first-order chi connectivity index (χ1) is 8.95. The maximum Gasteiger partial charge on any atom is 0.324 e. The standard InChI is InChI=1S/C13H18FNO3S/c1-13(15,12(16)17)9-19-8-10-3-2-4-11(7-10)18-6-5-14/h2-4,7H,5-6,8-9,15H2,1H3,(H,16,17). The molecule has 0 bridgehead atoms. The number of aliphatic carboxylic acids is 1. The number of carbonyl (C=O) groups is 1. The van der Waals surface area contributed by atoms with Gasteiger partial charge in [0.15, 0.2) is 0 Å². The number of rotatable bonds is 8. The quantitative estimate of drug-likeness (QED) is 0.766. The molecule has 1 aromatic carbocycles. The molecule has 0 fully saturated rings. The molecule has 1 atom stereocenters. The van der Waals surface area contributed by atoms with E-state index < -0.39 is 18.2 Å². The van der Waals surface area contributed by atoms with Crippen LogP contribution in [-0.2, 0) is 10.5 Å². The van der Waals surface area contributed by atoms with Crippen LogP contribution in [0, 0.1) is 0 Å². The molecule has 1 unspecified atom stereocenters. The third kappa shape index (κ3) is 5.48. The van der Waals surface area contributed by atoms with Gasteiger partial charge in [-0.1, -0.05) is 12.1 Å². The van der Waals surface area contributed by atoms with Crippen molar-refractivity contribution >= 4 is 17.7 Å². The minimum absolute atomic E-state index is 0.0382. The fourth-order valence-corrected chi connectivity index (χ4v) is 2.39. The van der Waals surface area contributed by atoms with Gasteiger partial charge in [-0.05, 0) is 24.6 Å². The van der Waals surface area contributed by atoms with Gasteiger partial charge in [0.05, 0.1) is 0 Å². The van der Waals surface area contributed by atoms with Crippen LogP contribution in [0.2, 0.25) is 0 Å². The number of nitrogens with two attached hydrogens (primary N) is 1. The van der Waals surface area contributed by atoms with Crippen molar-refractivity contribution < 1.29 is 19.0 Å². The molecular weight excluding hydrogens is 269 g/mol. The van der Waals surface area contributed by atoms with Crippen molar-refractivity contribution in [3.8, 4) is 5.75 Å². The fourth-order valence-electron chi connectivity index (χ4n) is 1.32. The predicted octanol–water partition coefficient (Wildman–Crippen LogP) is 2.07. The number of ether oxygens (including phenoxy) is 1. The van der Waals surface area contributed by atoms with E-state index in [0.717, 1.165) is 5.56 Å². The van der Waals surface area contributed by atoms with Crippen LogP contribution >= 0.6 is 11.8 Å². The summed E-state index contributed by atoms with van der Waals surface area (Å²) in [4.78, 5) is 10.8. The van der Waals surface area contributed by atoms with E-state index in [0.29, 0.717) is 17.3 Å². The fraction of sp³-hybridized carbons (Fsp3) is 0.462. The molecule has 0 aliphatic carbocycles. The van der Waals surface area contributed by atoms with E-state index in [2.05, 4.69) is 0 Å². The highest BCUT2D eigenvalue weighted by atomic mass is 32.2. The van der Waals surface area contributed by atoms with Crippen molar-refractivity contribution in [2.75, 3.05) is 19.0 Å².